The first-order valence-electron chi connectivity index (χ1n) is 8.68. The molecular formula is C21H21NO3S2. The topological polar surface area (TPSA) is 38.8 Å². The van der Waals surface area contributed by atoms with Crippen molar-refractivity contribution in [3.05, 3.63) is 64.6 Å². The molecule has 6 heteroatoms. The highest BCUT2D eigenvalue weighted by molar-refractivity contribution is 8.26. The average Bonchev–Trinajstić information content (AvgIpc) is 2.91. The fourth-order valence-electron chi connectivity index (χ4n) is 2.56. The molecule has 2 aromatic carbocycles. The quantitative estimate of drug-likeness (QED) is 0.384. The highest BCUT2D eigenvalue weighted by atomic mass is 32.2. The van der Waals surface area contributed by atoms with Gasteiger partial charge in [0.05, 0.1) is 18.1 Å². The van der Waals surface area contributed by atoms with Gasteiger partial charge in [0.25, 0.3) is 5.91 Å². The first kappa shape index (κ1) is 19.5. The van der Waals surface area contributed by atoms with E-state index in [-0.39, 0.29) is 5.91 Å². The maximum absolute atomic E-state index is 12.2. The lowest BCUT2D eigenvalue weighted by atomic mass is 10.2. The summed E-state index contributed by atoms with van der Waals surface area (Å²) in [6.07, 6.45) is 2.60. The number of benzene rings is 2. The number of thioether (sulfide) groups is 1. The summed E-state index contributed by atoms with van der Waals surface area (Å²) in [5.74, 6) is 1.57. The standard InChI is InChI=1S/C21H21NO3S2/c1-15-8-3-5-10-17(15)24-12-7-13-25-18-11-6-4-9-16(18)14-19-20(23)22(2)21(26)27-19/h3-6,8-11,14H,7,12-13H2,1-2H3. The van der Waals surface area contributed by atoms with Crippen LogP contribution in [0.1, 0.15) is 17.5 Å². The second-order valence-electron chi connectivity index (χ2n) is 6.09. The molecule has 0 radical (unpaired) electrons. The summed E-state index contributed by atoms with van der Waals surface area (Å²) in [6.45, 7) is 3.15. The van der Waals surface area contributed by atoms with Gasteiger partial charge >= 0.3 is 0 Å². The molecule has 1 fully saturated rings. The Hall–Kier alpha value is -2.31. The van der Waals surface area contributed by atoms with Crippen molar-refractivity contribution in [1.29, 1.82) is 0 Å². The van der Waals surface area contributed by atoms with Crippen molar-refractivity contribution in [2.75, 3.05) is 20.3 Å². The van der Waals surface area contributed by atoms with E-state index in [0.717, 1.165) is 29.0 Å². The van der Waals surface area contributed by atoms with Crippen LogP contribution in [-0.2, 0) is 4.79 Å². The second-order valence-corrected chi connectivity index (χ2v) is 7.77. The second kappa shape index (κ2) is 9.06. The van der Waals surface area contributed by atoms with Crippen LogP contribution in [0.3, 0.4) is 0 Å². The third kappa shape index (κ3) is 4.90. The zero-order valence-electron chi connectivity index (χ0n) is 15.3. The molecule has 1 saturated heterocycles. The number of hydrogen-bond donors (Lipinski definition) is 0. The SMILES string of the molecule is Cc1ccccc1OCCCOc1ccccc1C=C1SC(=S)N(C)C1=O. The first-order chi connectivity index (χ1) is 13.1. The molecule has 0 unspecified atom stereocenters. The molecule has 0 bridgehead atoms. The van der Waals surface area contributed by atoms with Crippen molar-refractivity contribution in [3.63, 3.8) is 0 Å². The van der Waals surface area contributed by atoms with E-state index in [1.54, 1.807) is 7.05 Å². The van der Waals surface area contributed by atoms with E-state index in [1.165, 1.54) is 16.7 Å². The Morgan fingerprint density at radius 1 is 1.04 bits per heavy atom. The number of aryl methyl sites for hydroxylation is 1. The maximum atomic E-state index is 12.2. The zero-order chi connectivity index (χ0) is 19.2. The molecule has 0 spiro atoms. The molecule has 27 heavy (non-hydrogen) atoms. The zero-order valence-corrected chi connectivity index (χ0v) is 16.9. The van der Waals surface area contributed by atoms with Gasteiger partial charge in [0.2, 0.25) is 0 Å². The molecule has 140 valence electrons. The van der Waals surface area contributed by atoms with E-state index in [0.29, 0.717) is 22.4 Å². The van der Waals surface area contributed by atoms with Crippen molar-refractivity contribution in [3.8, 4) is 11.5 Å². The Morgan fingerprint density at radius 3 is 2.33 bits per heavy atom. The van der Waals surface area contributed by atoms with E-state index in [1.807, 2.05) is 61.5 Å². The van der Waals surface area contributed by atoms with Gasteiger partial charge < -0.3 is 9.47 Å². The number of amides is 1. The number of rotatable bonds is 7. The van der Waals surface area contributed by atoms with Crippen LogP contribution < -0.4 is 9.47 Å². The van der Waals surface area contributed by atoms with Crippen LogP contribution in [0.5, 0.6) is 11.5 Å². The first-order valence-corrected chi connectivity index (χ1v) is 9.90. The predicted molar refractivity (Wildman–Crippen MR) is 114 cm³/mol. The molecule has 1 heterocycles. The highest BCUT2D eigenvalue weighted by Crippen LogP contribution is 2.33. The molecule has 0 atom stereocenters. The summed E-state index contributed by atoms with van der Waals surface area (Å²) in [6, 6.07) is 15.6. The minimum Gasteiger partial charge on any atom is -0.493 e. The van der Waals surface area contributed by atoms with Crippen molar-refractivity contribution in [2.24, 2.45) is 0 Å². The summed E-state index contributed by atoms with van der Waals surface area (Å²) in [4.78, 5) is 14.3. The van der Waals surface area contributed by atoms with Crippen molar-refractivity contribution in [2.45, 2.75) is 13.3 Å². The number of hydrogen-bond acceptors (Lipinski definition) is 5. The third-order valence-electron chi connectivity index (χ3n) is 4.09. The van der Waals surface area contributed by atoms with E-state index in [4.69, 9.17) is 21.7 Å². The average molecular weight is 400 g/mol. The lowest BCUT2D eigenvalue weighted by Gasteiger charge is -2.11. The van der Waals surface area contributed by atoms with Crippen molar-refractivity contribution in [1.82, 2.24) is 4.90 Å². The molecule has 0 saturated carbocycles. The van der Waals surface area contributed by atoms with Crippen molar-refractivity contribution >= 4 is 40.3 Å². The van der Waals surface area contributed by atoms with E-state index >= 15 is 0 Å². The molecule has 0 aromatic heterocycles. The van der Waals surface area contributed by atoms with Gasteiger partial charge in [-0.1, -0.05) is 60.4 Å². The van der Waals surface area contributed by atoms with Gasteiger partial charge in [-0.3, -0.25) is 9.69 Å². The fourth-order valence-corrected chi connectivity index (χ4v) is 3.73. The van der Waals surface area contributed by atoms with Gasteiger partial charge in [0.15, 0.2) is 0 Å². The molecule has 2 aromatic rings. The predicted octanol–water partition coefficient (Wildman–Crippen LogP) is 4.67. The van der Waals surface area contributed by atoms with E-state index in [2.05, 4.69) is 0 Å². The molecule has 1 amide bonds. The lowest BCUT2D eigenvalue weighted by molar-refractivity contribution is -0.121. The molecule has 1 aliphatic rings. The number of thiocarbonyl (C=S) groups is 1. The molecule has 3 rings (SSSR count). The smallest absolute Gasteiger partial charge is 0.265 e. The number of para-hydroxylation sites is 2. The molecule has 0 aliphatic carbocycles. The summed E-state index contributed by atoms with van der Waals surface area (Å²) in [5, 5.41) is 0. The van der Waals surface area contributed by atoms with Gasteiger partial charge in [0.1, 0.15) is 15.8 Å². The van der Waals surface area contributed by atoms with Crippen LogP contribution >= 0.6 is 24.0 Å². The van der Waals surface area contributed by atoms with Gasteiger partial charge in [-0.05, 0) is 30.7 Å². The fraction of sp³-hybridized carbons (Fsp3) is 0.238. The normalized spacial score (nSPS) is 15.5. The van der Waals surface area contributed by atoms with Gasteiger partial charge in [-0.15, -0.1) is 0 Å². The van der Waals surface area contributed by atoms with Gasteiger partial charge in [-0.2, -0.15) is 0 Å². The monoisotopic (exact) mass is 399 g/mol. The molecule has 1 aliphatic heterocycles. The minimum atomic E-state index is -0.0774. The van der Waals surface area contributed by atoms with Gasteiger partial charge in [-0.25, -0.2) is 0 Å². The van der Waals surface area contributed by atoms with Crippen LogP contribution in [0.2, 0.25) is 0 Å². The van der Waals surface area contributed by atoms with E-state index < -0.39 is 0 Å². The Morgan fingerprint density at radius 2 is 1.67 bits per heavy atom. The van der Waals surface area contributed by atoms with Crippen LogP contribution in [0.4, 0.5) is 0 Å². The number of carbonyl (C=O) groups is 1. The molecular weight excluding hydrogens is 378 g/mol. The summed E-state index contributed by atoms with van der Waals surface area (Å²) < 4.78 is 12.3. The van der Waals surface area contributed by atoms with Crippen molar-refractivity contribution < 1.29 is 14.3 Å². The maximum Gasteiger partial charge on any atom is 0.265 e. The van der Waals surface area contributed by atoms with Crippen LogP contribution in [0.25, 0.3) is 6.08 Å². The number of ether oxygens (including phenoxy) is 2. The van der Waals surface area contributed by atoms with Crippen LogP contribution in [0, 0.1) is 6.92 Å². The Bertz CT molecular complexity index is 879. The Kier molecular flexibility index (Phi) is 6.53. The third-order valence-corrected chi connectivity index (χ3v) is 5.57. The summed E-state index contributed by atoms with van der Waals surface area (Å²) in [5.41, 5.74) is 1.99. The van der Waals surface area contributed by atoms with Crippen LogP contribution in [-0.4, -0.2) is 35.4 Å². The number of carbonyl (C=O) groups excluding carboxylic acids is 1. The number of nitrogens with zero attached hydrogens (tertiary/aromatic N) is 1. The molecule has 0 N–H and O–H groups in total. The largest absolute Gasteiger partial charge is 0.493 e. The summed E-state index contributed by atoms with van der Waals surface area (Å²) >= 11 is 6.49. The van der Waals surface area contributed by atoms with E-state index in [9.17, 15) is 4.79 Å². The number of likely N-dealkylation sites (N-methyl/N-ethyl adjacent to an activating group) is 1. The van der Waals surface area contributed by atoms with Crippen LogP contribution in [0.15, 0.2) is 53.4 Å². The lowest BCUT2D eigenvalue weighted by Crippen LogP contribution is -2.22. The summed E-state index contributed by atoms with van der Waals surface area (Å²) in [7, 11) is 1.69. The molecule has 4 nitrogen and oxygen atoms in total. The highest BCUT2D eigenvalue weighted by Gasteiger charge is 2.28. The van der Waals surface area contributed by atoms with Gasteiger partial charge in [0, 0.05) is 19.0 Å². The Balaban J connectivity index is 1.56. The Labute approximate surface area is 169 Å². The minimum absolute atomic E-state index is 0.0774.